The number of benzene rings is 1. The van der Waals surface area contributed by atoms with E-state index in [9.17, 15) is 9.59 Å². The van der Waals surface area contributed by atoms with Crippen LogP contribution in [-0.2, 0) is 9.53 Å². The highest BCUT2D eigenvalue weighted by atomic mass is 16.6. The number of esters is 1. The second-order valence-electron chi connectivity index (χ2n) is 9.93. The maximum Gasteiger partial charge on any atom is 0.312 e. The van der Waals surface area contributed by atoms with Gasteiger partial charge in [-0.2, -0.15) is 0 Å². The Labute approximate surface area is 215 Å². The molecule has 11 heteroatoms. The van der Waals surface area contributed by atoms with E-state index in [2.05, 4.69) is 20.6 Å². The largest absolute Gasteiger partial charge is 0.493 e. The van der Waals surface area contributed by atoms with Crippen molar-refractivity contribution in [1.82, 2.24) is 25.6 Å². The van der Waals surface area contributed by atoms with E-state index in [-0.39, 0.29) is 24.0 Å². The molecule has 2 unspecified atom stereocenters. The van der Waals surface area contributed by atoms with Crippen LogP contribution in [0.2, 0.25) is 0 Å². The van der Waals surface area contributed by atoms with Gasteiger partial charge in [-0.05, 0) is 38.8 Å². The van der Waals surface area contributed by atoms with Crippen molar-refractivity contribution in [3.8, 4) is 28.5 Å². The van der Waals surface area contributed by atoms with E-state index in [1.54, 1.807) is 38.7 Å². The molecule has 1 fully saturated rings. The average molecular weight is 512 g/mol. The van der Waals surface area contributed by atoms with Crippen molar-refractivity contribution < 1.29 is 28.5 Å². The quantitative estimate of drug-likeness (QED) is 0.390. The molecule has 4 rings (SSSR count). The number of fused-ring (bicyclic) bond motifs is 1. The number of ether oxygens (including phenoxy) is 4. The molecule has 3 heterocycles. The fourth-order valence-electron chi connectivity index (χ4n) is 4.08. The van der Waals surface area contributed by atoms with Crippen molar-refractivity contribution in [3.63, 3.8) is 0 Å². The molecule has 11 nitrogen and oxygen atoms in total. The molecule has 3 aromatic rings. The van der Waals surface area contributed by atoms with Crippen LogP contribution >= 0.6 is 0 Å². The molecule has 0 bridgehead atoms. The highest BCUT2D eigenvalue weighted by Crippen LogP contribution is 2.41. The molecule has 0 spiro atoms. The van der Waals surface area contributed by atoms with Crippen molar-refractivity contribution in [2.75, 3.05) is 34.4 Å². The molecule has 0 radical (unpaired) electrons. The first-order valence-electron chi connectivity index (χ1n) is 12.0. The van der Waals surface area contributed by atoms with Crippen LogP contribution in [0.1, 0.15) is 37.6 Å². The lowest BCUT2D eigenvalue weighted by molar-refractivity contribution is -0.159. The SMILES string of the molecule is COc1cc(-c2cnc3[nH]cc(C(=O)NCC4CNC(OC(=O)C(C)(C)C)C4)c3n2)cc(OC)c1OC. The molecule has 0 saturated carbocycles. The molecule has 1 aliphatic heterocycles. The van der Waals surface area contributed by atoms with Gasteiger partial charge in [0.15, 0.2) is 23.4 Å². The zero-order chi connectivity index (χ0) is 26.7. The number of aromatic nitrogens is 3. The molecule has 1 aliphatic rings. The van der Waals surface area contributed by atoms with Crippen molar-refractivity contribution in [2.45, 2.75) is 33.4 Å². The first kappa shape index (κ1) is 26.2. The number of nitrogens with one attached hydrogen (secondary N) is 3. The Morgan fingerprint density at radius 2 is 1.81 bits per heavy atom. The third-order valence-electron chi connectivity index (χ3n) is 6.18. The van der Waals surface area contributed by atoms with Gasteiger partial charge in [-0.25, -0.2) is 9.97 Å². The Hall–Kier alpha value is -3.86. The third kappa shape index (κ3) is 5.61. The standard InChI is InChI=1S/C26H33N5O6/c1-26(2,3)25(33)37-20-7-14(10-27-20)11-30-24(32)16-12-28-23-21(16)31-17(13-29-23)15-8-18(34-4)22(36-6)19(9-15)35-5/h8-9,12-14,20,27H,7,10-11H2,1-6H3,(H,28,29)(H,30,32). The number of nitrogens with zero attached hydrogens (tertiary/aromatic N) is 2. The van der Waals surface area contributed by atoms with Crippen molar-refractivity contribution in [3.05, 3.63) is 30.1 Å². The van der Waals surface area contributed by atoms with E-state index >= 15 is 0 Å². The fraction of sp³-hybridized carbons (Fsp3) is 0.462. The maximum atomic E-state index is 13.0. The molecule has 1 saturated heterocycles. The Balaban J connectivity index is 1.47. The predicted molar refractivity (Wildman–Crippen MR) is 137 cm³/mol. The second kappa shape index (κ2) is 10.6. The monoisotopic (exact) mass is 511 g/mol. The summed E-state index contributed by atoms with van der Waals surface area (Å²) in [6.07, 6.45) is 3.49. The van der Waals surface area contributed by atoms with E-state index in [0.717, 1.165) is 0 Å². The van der Waals surface area contributed by atoms with Gasteiger partial charge in [-0.1, -0.05) is 0 Å². The fourth-order valence-corrected chi connectivity index (χ4v) is 4.08. The summed E-state index contributed by atoms with van der Waals surface area (Å²) in [5.41, 5.74) is 2.01. The van der Waals surface area contributed by atoms with Crippen LogP contribution in [-0.4, -0.2) is 67.5 Å². The number of rotatable bonds is 8. The first-order valence-corrected chi connectivity index (χ1v) is 12.0. The topological polar surface area (TPSA) is 137 Å². The number of carbonyl (C=O) groups excluding carboxylic acids is 2. The Kier molecular flexibility index (Phi) is 7.53. The molecule has 198 valence electrons. The Morgan fingerprint density at radius 1 is 1.11 bits per heavy atom. The predicted octanol–water partition coefficient (Wildman–Crippen LogP) is 2.91. The minimum Gasteiger partial charge on any atom is -0.493 e. The van der Waals surface area contributed by atoms with Gasteiger partial charge in [0.05, 0.1) is 44.2 Å². The van der Waals surface area contributed by atoms with Crippen LogP contribution in [0.3, 0.4) is 0 Å². The van der Waals surface area contributed by atoms with Gasteiger partial charge in [0.25, 0.3) is 5.91 Å². The van der Waals surface area contributed by atoms with Gasteiger partial charge in [0, 0.05) is 31.3 Å². The molecule has 2 aromatic heterocycles. The Morgan fingerprint density at radius 3 is 2.43 bits per heavy atom. The zero-order valence-electron chi connectivity index (χ0n) is 21.9. The lowest BCUT2D eigenvalue weighted by atomic mass is 9.97. The van der Waals surface area contributed by atoms with Crippen LogP contribution < -0.4 is 24.8 Å². The van der Waals surface area contributed by atoms with Crippen molar-refractivity contribution in [1.29, 1.82) is 0 Å². The average Bonchev–Trinajstić information content (AvgIpc) is 3.52. The summed E-state index contributed by atoms with van der Waals surface area (Å²) in [7, 11) is 4.62. The lowest BCUT2D eigenvalue weighted by Gasteiger charge is -2.20. The molecular formula is C26H33N5O6. The van der Waals surface area contributed by atoms with E-state index in [1.165, 1.54) is 7.11 Å². The first-order chi connectivity index (χ1) is 17.6. The zero-order valence-corrected chi connectivity index (χ0v) is 21.9. The summed E-state index contributed by atoms with van der Waals surface area (Å²) in [4.78, 5) is 37.3. The van der Waals surface area contributed by atoms with Gasteiger partial charge in [-0.3, -0.25) is 14.9 Å². The molecule has 1 aromatic carbocycles. The van der Waals surface area contributed by atoms with Crippen LogP contribution in [0.4, 0.5) is 0 Å². The molecule has 3 N–H and O–H groups in total. The third-order valence-corrected chi connectivity index (χ3v) is 6.18. The van der Waals surface area contributed by atoms with E-state index in [1.807, 2.05) is 20.8 Å². The summed E-state index contributed by atoms with van der Waals surface area (Å²) >= 11 is 0. The summed E-state index contributed by atoms with van der Waals surface area (Å²) in [6, 6.07) is 3.55. The van der Waals surface area contributed by atoms with Crippen LogP contribution in [0.15, 0.2) is 24.5 Å². The highest BCUT2D eigenvalue weighted by molar-refractivity contribution is 6.04. The number of hydrogen-bond donors (Lipinski definition) is 3. The number of hydrogen-bond acceptors (Lipinski definition) is 9. The molecule has 0 aliphatic carbocycles. The summed E-state index contributed by atoms with van der Waals surface area (Å²) in [6.45, 7) is 6.53. The number of carbonyl (C=O) groups is 2. The number of amides is 1. The smallest absolute Gasteiger partial charge is 0.312 e. The summed E-state index contributed by atoms with van der Waals surface area (Å²) < 4.78 is 21.8. The van der Waals surface area contributed by atoms with Crippen molar-refractivity contribution in [2.24, 2.45) is 11.3 Å². The van der Waals surface area contributed by atoms with Crippen LogP contribution in [0, 0.1) is 11.3 Å². The van der Waals surface area contributed by atoms with Gasteiger partial charge in [0.1, 0.15) is 5.52 Å². The van der Waals surface area contributed by atoms with E-state index in [4.69, 9.17) is 23.9 Å². The van der Waals surface area contributed by atoms with E-state index < -0.39 is 5.41 Å². The van der Waals surface area contributed by atoms with Crippen molar-refractivity contribution >= 4 is 23.0 Å². The lowest BCUT2D eigenvalue weighted by Crippen LogP contribution is -2.33. The van der Waals surface area contributed by atoms with Crippen LogP contribution in [0.25, 0.3) is 22.4 Å². The maximum absolute atomic E-state index is 13.0. The second-order valence-corrected chi connectivity index (χ2v) is 9.93. The Bertz CT molecular complexity index is 1270. The number of methoxy groups -OCH3 is 3. The normalized spacial score (nSPS) is 17.5. The van der Waals surface area contributed by atoms with Gasteiger partial charge < -0.3 is 29.2 Å². The minimum absolute atomic E-state index is 0.132. The minimum atomic E-state index is -0.564. The summed E-state index contributed by atoms with van der Waals surface area (Å²) in [5.74, 6) is 1.06. The molecule has 2 atom stereocenters. The summed E-state index contributed by atoms with van der Waals surface area (Å²) in [5, 5.41) is 6.17. The molecule has 1 amide bonds. The number of H-pyrrole nitrogens is 1. The highest BCUT2D eigenvalue weighted by Gasteiger charge is 2.31. The van der Waals surface area contributed by atoms with Crippen LogP contribution in [0.5, 0.6) is 17.2 Å². The molecular weight excluding hydrogens is 478 g/mol. The van der Waals surface area contributed by atoms with Gasteiger partial charge in [0.2, 0.25) is 5.75 Å². The number of aromatic amines is 1. The van der Waals surface area contributed by atoms with Gasteiger partial charge >= 0.3 is 5.97 Å². The molecule has 37 heavy (non-hydrogen) atoms. The van der Waals surface area contributed by atoms with Gasteiger partial charge in [-0.15, -0.1) is 0 Å². The van der Waals surface area contributed by atoms with E-state index in [0.29, 0.717) is 64.7 Å².